The minimum absolute atomic E-state index is 0. The van der Waals surface area contributed by atoms with E-state index in [9.17, 15) is 9.18 Å². The zero-order valence-electron chi connectivity index (χ0n) is 10.3. The van der Waals surface area contributed by atoms with Crippen molar-refractivity contribution in [3.8, 4) is 0 Å². The Kier molecular flexibility index (Phi) is 5.11. The Hall–Kier alpha value is -1.13. The number of rotatable bonds is 2. The quantitative estimate of drug-likeness (QED) is 0.869. The van der Waals surface area contributed by atoms with Gasteiger partial charge in [-0.1, -0.05) is 13.0 Å². The number of amides is 1. The fourth-order valence-corrected chi connectivity index (χ4v) is 2.05. The zero-order chi connectivity index (χ0) is 12.3. The molecule has 1 heterocycles. The first-order valence-corrected chi connectivity index (χ1v) is 5.88. The summed E-state index contributed by atoms with van der Waals surface area (Å²) in [5.41, 5.74) is 0.173. The Labute approximate surface area is 113 Å². The van der Waals surface area contributed by atoms with Gasteiger partial charge in [0.15, 0.2) is 0 Å². The van der Waals surface area contributed by atoms with Gasteiger partial charge in [-0.05, 0) is 44.1 Å². The minimum Gasteiger partial charge on any atom is -0.326 e. The van der Waals surface area contributed by atoms with Crippen LogP contribution in [-0.2, 0) is 4.79 Å². The predicted molar refractivity (Wildman–Crippen MR) is 72.5 cm³/mol. The van der Waals surface area contributed by atoms with Crippen LogP contribution in [0.2, 0.25) is 0 Å². The van der Waals surface area contributed by atoms with Crippen molar-refractivity contribution in [2.24, 2.45) is 5.41 Å². The van der Waals surface area contributed by atoms with Crippen LogP contribution in [0.15, 0.2) is 24.3 Å². The van der Waals surface area contributed by atoms with Gasteiger partial charge in [-0.3, -0.25) is 4.79 Å². The summed E-state index contributed by atoms with van der Waals surface area (Å²) < 4.78 is 13.0. The molecule has 1 amide bonds. The third-order valence-corrected chi connectivity index (χ3v) is 3.34. The molecule has 1 aliphatic rings. The average Bonchev–Trinajstić information content (AvgIpc) is 2.30. The molecule has 100 valence electrons. The van der Waals surface area contributed by atoms with E-state index in [0.29, 0.717) is 5.69 Å². The second-order valence-corrected chi connectivity index (χ2v) is 4.78. The Morgan fingerprint density at radius 3 is 2.67 bits per heavy atom. The fraction of sp³-hybridized carbons (Fsp3) is 0.462. The predicted octanol–water partition coefficient (Wildman–Crippen LogP) is 2.58. The number of piperidine rings is 1. The summed E-state index contributed by atoms with van der Waals surface area (Å²) >= 11 is 0. The van der Waals surface area contributed by atoms with Crippen molar-refractivity contribution in [2.75, 3.05) is 18.4 Å². The number of carbonyl (C=O) groups is 1. The first kappa shape index (κ1) is 14.9. The first-order valence-electron chi connectivity index (χ1n) is 5.88. The van der Waals surface area contributed by atoms with Crippen LogP contribution < -0.4 is 10.6 Å². The third-order valence-electron chi connectivity index (χ3n) is 3.34. The van der Waals surface area contributed by atoms with E-state index >= 15 is 0 Å². The normalized spacial score (nSPS) is 17.7. The van der Waals surface area contributed by atoms with Crippen LogP contribution in [0.5, 0.6) is 0 Å². The van der Waals surface area contributed by atoms with E-state index in [1.165, 1.54) is 12.1 Å². The van der Waals surface area contributed by atoms with E-state index in [2.05, 4.69) is 10.6 Å². The maximum Gasteiger partial charge on any atom is 0.230 e. The molecule has 0 saturated carbocycles. The number of benzene rings is 1. The molecule has 0 bridgehead atoms. The van der Waals surface area contributed by atoms with Crippen LogP contribution >= 0.6 is 12.4 Å². The molecular formula is C13H18ClFN2O. The van der Waals surface area contributed by atoms with Gasteiger partial charge in [-0.2, -0.15) is 0 Å². The zero-order valence-corrected chi connectivity index (χ0v) is 11.1. The first-order chi connectivity index (χ1) is 8.10. The van der Waals surface area contributed by atoms with E-state index in [4.69, 9.17) is 0 Å². The number of carbonyl (C=O) groups excluding carboxylic acids is 1. The highest BCUT2D eigenvalue weighted by atomic mass is 35.5. The van der Waals surface area contributed by atoms with Gasteiger partial charge in [0.05, 0.1) is 0 Å². The third kappa shape index (κ3) is 3.43. The van der Waals surface area contributed by atoms with Crippen molar-refractivity contribution in [2.45, 2.75) is 19.8 Å². The Balaban J connectivity index is 0.00000162. The molecule has 1 saturated heterocycles. The number of hydrogen-bond donors (Lipinski definition) is 2. The summed E-state index contributed by atoms with van der Waals surface area (Å²) in [6.07, 6.45) is 1.63. The van der Waals surface area contributed by atoms with Gasteiger partial charge in [0.1, 0.15) is 5.82 Å². The van der Waals surface area contributed by atoms with Gasteiger partial charge in [0, 0.05) is 11.1 Å². The largest absolute Gasteiger partial charge is 0.326 e. The Morgan fingerprint density at radius 2 is 2.06 bits per heavy atom. The Bertz CT molecular complexity index is 419. The maximum atomic E-state index is 13.0. The van der Waals surface area contributed by atoms with Gasteiger partial charge >= 0.3 is 0 Å². The monoisotopic (exact) mass is 272 g/mol. The molecule has 1 fully saturated rings. The lowest BCUT2D eigenvalue weighted by Gasteiger charge is -2.32. The molecule has 0 radical (unpaired) electrons. The van der Waals surface area contributed by atoms with Crippen LogP contribution in [0.1, 0.15) is 19.8 Å². The lowest BCUT2D eigenvalue weighted by atomic mass is 9.80. The van der Waals surface area contributed by atoms with Crippen molar-refractivity contribution in [1.82, 2.24) is 5.32 Å². The summed E-state index contributed by atoms with van der Waals surface area (Å²) in [5, 5.41) is 6.01. The van der Waals surface area contributed by atoms with E-state index in [-0.39, 0.29) is 29.5 Å². The SMILES string of the molecule is CC1(C(=O)Nc2cccc(F)c2)CCNCC1.Cl. The lowest BCUT2D eigenvalue weighted by Crippen LogP contribution is -2.42. The molecule has 2 rings (SSSR count). The van der Waals surface area contributed by atoms with Crippen molar-refractivity contribution in [3.63, 3.8) is 0 Å². The molecule has 0 aliphatic carbocycles. The molecule has 1 aromatic carbocycles. The standard InChI is InChI=1S/C13H17FN2O.ClH/c1-13(5-7-15-8-6-13)12(17)16-11-4-2-3-10(14)9-11;/h2-4,9,15H,5-8H2,1H3,(H,16,17);1H. The van der Waals surface area contributed by atoms with Gasteiger partial charge in [-0.25, -0.2) is 4.39 Å². The van der Waals surface area contributed by atoms with E-state index < -0.39 is 0 Å². The summed E-state index contributed by atoms with van der Waals surface area (Å²) in [6, 6.07) is 5.99. The van der Waals surface area contributed by atoms with E-state index in [1.54, 1.807) is 12.1 Å². The smallest absolute Gasteiger partial charge is 0.230 e. The summed E-state index contributed by atoms with van der Waals surface area (Å²) in [4.78, 5) is 12.1. The highest BCUT2D eigenvalue weighted by molar-refractivity contribution is 5.95. The van der Waals surface area contributed by atoms with Crippen molar-refractivity contribution >= 4 is 24.0 Å². The molecular weight excluding hydrogens is 255 g/mol. The van der Waals surface area contributed by atoms with Crippen LogP contribution in [0.4, 0.5) is 10.1 Å². The fourth-order valence-electron chi connectivity index (χ4n) is 2.05. The Morgan fingerprint density at radius 1 is 1.39 bits per heavy atom. The van der Waals surface area contributed by atoms with Crippen molar-refractivity contribution < 1.29 is 9.18 Å². The number of anilines is 1. The van der Waals surface area contributed by atoms with Crippen molar-refractivity contribution in [3.05, 3.63) is 30.1 Å². The van der Waals surface area contributed by atoms with Crippen LogP contribution in [0, 0.1) is 11.2 Å². The number of halogens is 2. The summed E-state index contributed by atoms with van der Waals surface area (Å²) in [7, 11) is 0. The molecule has 0 atom stereocenters. The van der Waals surface area contributed by atoms with Crippen LogP contribution in [-0.4, -0.2) is 19.0 Å². The van der Waals surface area contributed by atoms with Gasteiger partial charge in [-0.15, -0.1) is 12.4 Å². The average molecular weight is 273 g/mol. The number of hydrogen-bond acceptors (Lipinski definition) is 2. The lowest BCUT2D eigenvalue weighted by molar-refractivity contribution is -0.126. The summed E-state index contributed by atoms with van der Waals surface area (Å²) in [6.45, 7) is 3.67. The summed E-state index contributed by atoms with van der Waals surface area (Å²) in [5.74, 6) is -0.358. The molecule has 18 heavy (non-hydrogen) atoms. The molecule has 1 aliphatic heterocycles. The molecule has 0 unspecified atom stereocenters. The van der Waals surface area contributed by atoms with Crippen LogP contribution in [0.25, 0.3) is 0 Å². The topological polar surface area (TPSA) is 41.1 Å². The maximum absolute atomic E-state index is 13.0. The molecule has 5 heteroatoms. The molecule has 2 N–H and O–H groups in total. The van der Waals surface area contributed by atoms with Gasteiger partial charge < -0.3 is 10.6 Å². The second-order valence-electron chi connectivity index (χ2n) is 4.78. The second kappa shape index (κ2) is 6.16. The van der Waals surface area contributed by atoms with Gasteiger partial charge in [0.25, 0.3) is 0 Å². The molecule has 0 aromatic heterocycles. The van der Waals surface area contributed by atoms with Crippen LogP contribution in [0.3, 0.4) is 0 Å². The minimum atomic E-state index is -0.350. The highest BCUT2D eigenvalue weighted by Gasteiger charge is 2.34. The van der Waals surface area contributed by atoms with E-state index in [1.807, 2.05) is 6.92 Å². The van der Waals surface area contributed by atoms with Gasteiger partial charge in [0.2, 0.25) is 5.91 Å². The van der Waals surface area contributed by atoms with E-state index in [0.717, 1.165) is 25.9 Å². The molecule has 1 aromatic rings. The molecule has 0 spiro atoms. The number of nitrogens with one attached hydrogen (secondary N) is 2. The molecule has 3 nitrogen and oxygen atoms in total. The highest BCUT2D eigenvalue weighted by Crippen LogP contribution is 2.29. The van der Waals surface area contributed by atoms with Crippen molar-refractivity contribution in [1.29, 1.82) is 0 Å².